The maximum absolute atomic E-state index is 12.6. The molecule has 0 unspecified atom stereocenters. The molecule has 5 heteroatoms. The van der Waals surface area contributed by atoms with Crippen LogP contribution in [0.1, 0.15) is 40.5 Å². The Morgan fingerprint density at radius 2 is 1.93 bits per heavy atom. The molecule has 0 atom stereocenters. The highest BCUT2D eigenvalue weighted by Gasteiger charge is 2.11. The summed E-state index contributed by atoms with van der Waals surface area (Å²) in [7, 11) is 1.62. The van der Waals surface area contributed by atoms with Gasteiger partial charge in [-0.05, 0) is 61.7 Å². The maximum atomic E-state index is 12.6. The second-order valence-corrected chi connectivity index (χ2v) is 6.65. The van der Waals surface area contributed by atoms with Crippen LogP contribution in [0.2, 0.25) is 0 Å². The monoisotopic (exact) mass is 366 g/mol. The number of rotatable bonds is 7. The highest BCUT2D eigenvalue weighted by molar-refractivity contribution is 5.99. The van der Waals surface area contributed by atoms with E-state index in [1.165, 1.54) is 5.56 Å². The Morgan fingerprint density at radius 3 is 2.67 bits per heavy atom. The normalized spacial score (nSPS) is 10.8. The zero-order chi connectivity index (χ0) is 19.4. The van der Waals surface area contributed by atoms with Gasteiger partial charge in [-0.25, -0.2) is 0 Å². The van der Waals surface area contributed by atoms with Crippen molar-refractivity contribution in [3.05, 3.63) is 58.8 Å². The summed E-state index contributed by atoms with van der Waals surface area (Å²) in [5.74, 6) is 1.30. The molecule has 2 aromatic carbocycles. The van der Waals surface area contributed by atoms with Crippen LogP contribution in [0, 0.1) is 13.8 Å². The number of carbonyl (C=O) groups is 1. The standard InChI is InChI=1S/C22H26N2O3/c1-5-10-27-20-9-6-16(11-21(20)26-4)13-23-22(25)17-7-8-19-18(12-17)14(2)15(3)24-19/h6-9,11-12,24H,5,10,13H2,1-4H3,(H,23,25). The van der Waals surface area contributed by atoms with Gasteiger partial charge in [0.15, 0.2) is 11.5 Å². The van der Waals surface area contributed by atoms with Crippen LogP contribution < -0.4 is 14.8 Å². The van der Waals surface area contributed by atoms with Crippen LogP contribution in [0.5, 0.6) is 11.5 Å². The Hall–Kier alpha value is -2.95. The maximum Gasteiger partial charge on any atom is 0.251 e. The van der Waals surface area contributed by atoms with E-state index in [2.05, 4.69) is 24.1 Å². The number of H-pyrrole nitrogens is 1. The van der Waals surface area contributed by atoms with Crippen molar-refractivity contribution in [3.63, 3.8) is 0 Å². The zero-order valence-corrected chi connectivity index (χ0v) is 16.3. The quantitative estimate of drug-likeness (QED) is 0.646. The van der Waals surface area contributed by atoms with Gasteiger partial charge in [-0.2, -0.15) is 0 Å². The fourth-order valence-electron chi connectivity index (χ4n) is 3.04. The lowest BCUT2D eigenvalue weighted by Crippen LogP contribution is -2.22. The molecule has 27 heavy (non-hydrogen) atoms. The molecule has 3 rings (SSSR count). The third kappa shape index (κ3) is 4.08. The van der Waals surface area contributed by atoms with E-state index in [-0.39, 0.29) is 5.91 Å². The molecule has 2 N–H and O–H groups in total. The van der Waals surface area contributed by atoms with Crippen molar-refractivity contribution in [2.45, 2.75) is 33.7 Å². The third-order valence-electron chi connectivity index (χ3n) is 4.71. The SMILES string of the molecule is CCCOc1ccc(CNC(=O)c2ccc3[nH]c(C)c(C)c3c2)cc1OC. The minimum Gasteiger partial charge on any atom is -0.493 e. The summed E-state index contributed by atoms with van der Waals surface area (Å²) in [6.45, 7) is 7.23. The van der Waals surface area contributed by atoms with Gasteiger partial charge in [-0.1, -0.05) is 13.0 Å². The number of amides is 1. The first-order chi connectivity index (χ1) is 13.0. The van der Waals surface area contributed by atoms with Crippen LogP contribution >= 0.6 is 0 Å². The zero-order valence-electron chi connectivity index (χ0n) is 16.3. The molecule has 5 nitrogen and oxygen atoms in total. The van der Waals surface area contributed by atoms with E-state index in [0.29, 0.717) is 24.5 Å². The van der Waals surface area contributed by atoms with Gasteiger partial charge in [0.1, 0.15) is 0 Å². The summed E-state index contributed by atoms with van der Waals surface area (Å²) in [4.78, 5) is 15.9. The van der Waals surface area contributed by atoms with Crippen LogP contribution in [0.15, 0.2) is 36.4 Å². The Kier molecular flexibility index (Phi) is 5.69. The molecule has 0 fully saturated rings. The van der Waals surface area contributed by atoms with Gasteiger partial charge in [0.05, 0.1) is 13.7 Å². The number of aromatic amines is 1. The molecule has 1 heterocycles. The molecule has 0 bridgehead atoms. The first kappa shape index (κ1) is 18.8. The summed E-state index contributed by atoms with van der Waals surface area (Å²) < 4.78 is 11.1. The summed E-state index contributed by atoms with van der Waals surface area (Å²) in [5.41, 5.74) is 4.96. The van der Waals surface area contributed by atoms with Gasteiger partial charge < -0.3 is 19.8 Å². The lowest BCUT2D eigenvalue weighted by molar-refractivity contribution is 0.0951. The van der Waals surface area contributed by atoms with Crippen molar-refractivity contribution in [2.24, 2.45) is 0 Å². The summed E-state index contributed by atoms with van der Waals surface area (Å²) in [5, 5.41) is 4.06. The van der Waals surface area contributed by atoms with Gasteiger partial charge in [-0.3, -0.25) is 4.79 Å². The number of methoxy groups -OCH3 is 1. The van der Waals surface area contributed by atoms with Gasteiger partial charge >= 0.3 is 0 Å². The molecule has 0 radical (unpaired) electrons. The van der Waals surface area contributed by atoms with Crippen molar-refractivity contribution in [1.29, 1.82) is 0 Å². The van der Waals surface area contributed by atoms with E-state index in [9.17, 15) is 4.79 Å². The average Bonchev–Trinajstić information content (AvgIpc) is 2.98. The predicted molar refractivity (Wildman–Crippen MR) is 108 cm³/mol. The molecular formula is C22H26N2O3. The van der Waals surface area contributed by atoms with Crippen molar-refractivity contribution in [1.82, 2.24) is 10.3 Å². The number of hydrogen-bond donors (Lipinski definition) is 2. The summed E-state index contributed by atoms with van der Waals surface area (Å²) in [6.07, 6.45) is 0.936. The second kappa shape index (κ2) is 8.16. The number of benzene rings is 2. The Morgan fingerprint density at radius 1 is 1.11 bits per heavy atom. The number of carbonyl (C=O) groups excluding carboxylic acids is 1. The van der Waals surface area contributed by atoms with Gasteiger partial charge in [0.25, 0.3) is 5.91 Å². The van der Waals surface area contributed by atoms with Crippen molar-refractivity contribution in [3.8, 4) is 11.5 Å². The third-order valence-corrected chi connectivity index (χ3v) is 4.71. The number of fused-ring (bicyclic) bond motifs is 1. The number of aryl methyl sites for hydroxylation is 2. The summed E-state index contributed by atoms with van der Waals surface area (Å²) in [6, 6.07) is 11.5. The van der Waals surface area contributed by atoms with E-state index in [4.69, 9.17) is 9.47 Å². The molecule has 0 aliphatic heterocycles. The summed E-state index contributed by atoms with van der Waals surface area (Å²) >= 11 is 0. The fraction of sp³-hybridized carbons (Fsp3) is 0.318. The van der Waals surface area contributed by atoms with Gasteiger partial charge in [0.2, 0.25) is 0 Å². The number of hydrogen-bond acceptors (Lipinski definition) is 3. The highest BCUT2D eigenvalue weighted by Crippen LogP contribution is 2.28. The molecule has 0 aliphatic carbocycles. The van der Waals surface area contributed by atoms with Gasteiger partial charge in [-0.15, -0.1) is 0 Å². The molecule has 0 saturated heterocycles. The van der Waals surface area contributed by atoms with Crippen molar-refractivity contribution in [2.75, 3.05) is 13.7 Å². The number of ether oxygens (including phenoxy) is 2. The van der Waals surface area contributed by atoms with Gasteiger partial charge in [0, 0.05) is 28.7 Å². The van der Waals surface area contributed by atoms with E-state index in [0.717, 1.165) is 34.3 Å². The molecule has 0 saturated carbocycles. The minimum absolute atomic E-state index is 0.0968. The molecule has 142 valence electrons. The van der Waals surface area contributed by atoms with Crippen molar-refractivity contribution < 1.29 is 14.3 Å². The van der Waals surface area contributed by atoms with Crippen LogP contribution in [0.25, 0.3) is 10.9 Å². The van der Waals surface area contributed by atoms with E-state index in [1.54, 1.807) is 7.11 Å². The number of nitrogens with one attached hydrogen (secondary N) is 2. The van der Waals surface area contributed by atoms with E-state index >= 15 is 0 Å². The molecule has 1 amide bonds. The van der Waals surface area contributed by atoms with Crippen LogP contribution in [-0.4, -0.2) is 24.6 Å². The lowest BCUT2D eigenvalue weighted by Gasteiger charge is -2.12. The first-order valence-electron chi connectivity index (χ1n) is 9.20. The Labute approximate surface area is 159 Å². The van der Waals surface area contributed by atoms with E-state index < -0.39 is 0 Å². The molecule has 3 aromatic rings. The first-order valence-corrected chi connectivity index (χ1v) is 9.20. The van der Waals surface area contributed by atoms with Crippen molar-refractivity contribution >= 4 is 16.8 Å². The Balaban J connectivity index is 1.71. The highest BCUT2D eigenvalue weighted by atomic mass is 16.5. The van der Waals surface area contributed by atoms with E-state index in [1.807, 2.05) is 43.3 Å². The topological polar surface area (TPSA) is 63.3 Å². The Bertz CT molecular complexity index is 960. The fourth-order valence-corrected chi connectivity index (χ4v) is 3.04. The molecule has 0 spiro atoms. The largest absolute Gasteiger partial charge is 0.493 e. The average molecular weight is 366 g/mol. The molecule has 0 aliphatic rings. The predicted octanol–water partition coefficient (Wildman–Crippen LogP) is 4.51. The smallest absolute Gasteiger partial charge is 0.251 e. The molecular weight excluding hydrogens is 340 g/mol. The molecule has 1 aromatic heterocycles. The second-order valence-electron chi connectivity index (χ2n) is 6.65. The van der Waals surface area contributed by atoms with Crippen LogP contribution in [-0.2, 0) is 6.54 Å². The van der Waals surface area contributed by atoms with Crippen LogP contribution in [0.4, 0.5) is 0 Å². The number of aromatic nitrogens is 1. The minimum atomic E-state index is -0.0968. The van der Waals surface area contributed by atoms with Crippen LogP contribution in [0.3, 0.4) is 0 Å². The lowest BCUT2D eigenvalue weighted by atomic mass is 10.1.